The third-order valence-corrected chi connectivity index (χ3v) is 5.45. The lowest BCUT2D eigenvalue weighted by Gasteiger charge is -2.22. The van der Waals surface area contributed by atoms with Gasteiger partial charge >= 0.3 is 0 Å². The molecule has 1 aliphatic rings. The molecule has 4 nitrogen and oxygen atoms in total. The van der Waals surface area contributed by atoms with E-state index in [1.165, 1.54) is 32.1 Å². The number of aromatic nitrogens is 1. The number of benzene rings is 1. The molecule has 1 amide bonds. The van der Waals surface area contributed by atoms with Crippen LogP contribution in [0, 0.1) is 5.92 Å². The third kappa shape index (κ3) is 3.77. The Bertz CT molecular complexity index is 601. The maximum Gasteiger partial charge on any atom is 0.239 e. The van der Waals surface area contributed by atoms with Gasteiger partial charge in [0.1, 0.15) is 0 Å². The van der Waals surface area contributed by atoms with Crippen LogP contribution in [-0.4, -0.2) is 31.0 Å². The molecule has 0 radical (unpaired) electrons. The molecule has 3 rings (SSSR count). The lowest BCUT2D eigenvalue weighted by atomic mass is 9.89. The average molecular weight is 317 g/mol. The van der Waals surface area contributed by atoms with Crippen LogP contribution in [0.2, 0.25) is 0 Å². The van der Waals surface area contributed by atoms with Crippen molar-refractivity contribution in [2.75, 3.05) is 25.0 Å². The van der Waals surface area contributed by atoms with E-state index in [1.807, 2.05) is 30.1 Å². The predicted molar refractivity (Wildman–Crippen MR) is 92.5 cm³/mol. The fourth-order valence-electron chi connectivity index (χ4n) is 3.01. The van der Waals surface area contributed by atoms with Gasteiger partial charge in [-0.1, -0.05) is 42.7 Å². The SMILES string of the molecule is CN(CC(=O)NCC1CCCCC1)c1nc2ccccc2s1. The summed E-state index contributed by atoms with van der Waals surface area (Å²) in [6.07, 6.45) is 6.49. The highest BCUT2D eigenvalue weighted by molar-refractivity contribution is 7.22. The average Bonchev–Trinajstić information content (AvgIpc) is 2.98. The van der Waals surface area contributed by atoms with E-state index in [2.05, 4.69) is 16.4 Å². The van der Waals surface area contributed by atoms with Gasteiger partial charge in [0.25, 0.3) is 0 Å². The molecule has 1 aromatic heterocycles. The maximum atomic E-state index is 12.1. The molecule has 0 spiro atoms. The minimum atomic E-state index is 0.0901. The van der Waals surface area contributed by atoms with Gasteiger partial charge in [0.15, 0.2) is 5.13 Å². The van der Waals surface area contributed by atoms with Crippen molar-refractivity contribution in [3.63, 3.8) is 0 Å². The van der Waals surface area contributed by atoms with E-state index >= 15 is 0 Å². The highest BCUT2D eigenvalue weighted by Crippen LogP contribution is 2.27. The first kappa shape index (κ1) is 15.3. The number of amides is 1. The molecule has 1 saturated carbocycles. The van der Waals surface area contributed by atoms with Gasteiger partial charge in [0.05, 0.1) is 16.8 Å². The second-order valence-corrected chi connectivity index (χ2v) is 7.14. The molecule has 2 aromatic rings. The maximum absolute atomic E-state index is 12.1. The second kappa shape index (κ2) is 7.09. The Morgan fingerprint density at radius 2 is 2.09 bits per heavy atom. The van der Waals surface area contributed by atoms with Crippen molar-refractivity contribution < 1.29 is 4.79 Å². The second-order valence-electron chi connectivity index (χ2n) is 6.13. The zero-order chi connectivity index (χ0) is 15.4. The van der Waals surface area contributed by atoms with Gasteiger partial charge in [-0.25, -0.2) is 4.98 Å². The minimum Gasteiger partial charge on any atom is -0.354 e. The quantitative estimate of drug-likeness (QED) is 0.919. The number of nitrogens with zero attached hydrogens (tertiary/aromatic N) is 2. The summed E-state index contributed by atoms with van der Waals surface area (Å²) in [5.41, 5.74) is 0.997. The molecule has 1 heterocycles. The number of nitrogens with one attached hydrogen (secondary N) is 1. The van der Waals surface area contributed by atoms with Crippen LogP contribution in [0.5, 0.6) is 0 Å². The van der Waals surface area contributed by atoms with Crippen molar-refractivity contribution in [1.29, 1.82) is 0 Å². The Morgan fingerprint density at radius 1 is 1.32 bits per heavy atom. The lowest BCUT2D eigenvalue weighted by Crippen LogP contribution is -2.37. The molecule has 0 saturated heterocycles. The first-order valence-electron chi connectivity index (χ1n) is 8.06. The number of hydrogen-bond acceptors (Lipinski definition) is 4. The molecule has 22 heavy (non-hydrogen) atoms. The fraction of sp³-hybridized carbons (Fsp3) is 0.529. The van der Waals surface area contributed by atoms with Gasteiger partial charge in [0.2, 0.25) is 5.91 Å². The molecule has 5 heteroatoms. The van der Waals surface area contributed by atoms with E-state index in [0.717, 1.165) is 21.9 Å². The predicted octanol–water partition coefficient (Wildman–Crippen LogP) is 3.43. The number of anilines is 1. The summed E-state index contributed by atoms with van der Waals surface area (Å²) in [5, 5.41) is 3.98. The molecule has 0 unspecified atom stereocenters. The highest BCUT2D eigenvalue weighted by atomic mass is 32.1. The molecule has 0 atom stereocenters. The van der Waals surface area contributed by atoms with Gasteiger partial charge in [-0.15, -0.1) is 0 Å². The van der Waals surface area contributed by atoms with Crippen LogP contribution in [-0.2, 0) is 4.79 Å². The molecule has 118 valence electrons. The Kier molecular flexibility index (Phi) is 4.93. The number of hydrogen-bond donors (Lipinski definition) is 1. The molecule has 1 aromatic carbocycles. The van der Waals surface area contributed by atoms with E-state index in [0.29, 0.717) is 12.5 Å². The van der Waals surface area contributed by atoms with Gasteiger partial charge in [-0.3, -0.25) is 4.79 Å². The van der Waals surface area contributed by atoms with Gasteiger partial charge in [-0.2, -0.15) is 0 Å². The van der Waals surface area contributed by atoms with Crippen LogP contribution in [0.1, 0.15) is 32.1 Å². The van der Waals surface area contributed by atoms with Gasteiger partial charge < -0.3 is 10.2 Å². The van der Waals surface area contributed by atoms with Crippen molar-refractivity contribution in [3.05, 3.63) is 24.3 Å². The van der Waals surface area contributed by atoms with Crippen LogP contribution in [0.25, 0.3) is 10.2 Å². The van der Waals surface area contributed by atoms with E-state index in [-0.39, 0.29) is 5.91 Å². The summed E-state index contributed by atoms with van der Waals surface area (Å²) >= 11 is 1.63. The Labute approximate surface area is 135 Å². The van der Waals surface area contributed by atoms with Gasteiger partial charge in [0, 0.05) is 13.6 Å². The van der Waals surface area contributed by atoms with Crippen LogP contribution in [0.4, 0.5) is 5.13 Å². The highest BCUT2D eigenvalue weighted by Gasteiger charge is 2.16. The summed E-state index contributed by atoms with van der Waals surface area (Å²) < 4.78 is 1.16. The van der Waals surface area contributed by atoms with E-state index < -0.39 is 0 Å². The van der Waals surface area contributed by atoms with Crippen molar-refractivity contribution in [1.82, 2.24) is 10.3 Å². The molecular weight excluding hydrogens is 294 g/mol. The van der Waals surface area contributed by atoms with E-state index in [1.54, 1.807) is 11.3 Å². The molecular formula is C17H23N3OS. The van der Waals surface area contributed by atoms with Gasteiger partial charge in [-0.05, 0) is 30.9 Å². The molecule has 1 N–H and O–H groups in total. The summed E-state index contributed by atoms with van der Waals surface area (Å²) in [6.45, 7) is 1.19. The Hall–Kier alpha value is -1.62. The number of likely N-dealkylation sites (N-methyl/N-ethyl adjacent to an activating group) is 1. The monoisotopic (exact) mass is 317 g/mol. The summed E-state index contributed by atoms with van der Waals surface area (Å²) in [4.78, 5) is 18.6. The Balaban J connectivity index is 1.51. The first-order valence-corrected chi connectivity index (χ1v) is 8.87. The number of carbonyl (C=O) groups is 1. The molecule has 0 bridgehead atoms. The first-order chi connectivity index (χ1) is 10.7. The fourth-order valence-corrected chi connectivity index (χ4v) is 3.94. The van der Waals surface area contributed by atoms with Crippen molar-refractivity contribution in [2.45, 2.75) is 32.1 Å². The zero-order valence-electron chi connectivity index (χ0n) is 13.0. The van der Waals surface area contributed by atoms with Crippen molar-refractivity contribution >= 4 is 32.6 Å². The Morgan fingerprint density at radius 3 is 2.86 bits per heavy atom. The van der Waals surface area contributed by atoms with Crippen LogP contribution < -0.4 is 10.2 Å². The standard InChI is InChI=1S/C17H23N3OS/c1-20(17-19-14-9-5-6-10-15(14)22-17)12-16(21)18-11-13-7-3-2-4-8-13/h5-6,9-10,13H,2-4,7-8,11-12H2,1H3,(H,18,21). The largest absolute Gasteiger partial charge is 0.354 e. The number of carbonyl (C=O) groups excluding carboxylic acids is 1. The number of thiazole rings is 1. The van der Waals surface area contributed by atoms with E-state index in [4.69, 9.17) is 0 Å². The van der Waals surface area contributed by atoms with Crippen LogP contribution in [0.3, 0.4) is 0 Å². The van der Waals surface area contributed by atoms with Crippen molar-refractivity contribution in [3.8, 4) is 0 Å². The smallest absolute Gasteiger partial charge is 0.239 e. The molecule has 0 aliphatic heterocycles. The molecule has 1 fully saturated rings. The molecule has 1 aliphatic carbocycles. The third-order valence-electron chi connectivity index (χ3n) is 4.30. The normalized spacial score (nSPS) is 15.9. The zero-order valence-corrected chi connectivity index (χ0v) is 13.9. The summed E-state index contributed by atoms with van der Waals surface area (Å²) in [7, 11) is 1.93. The van der Waals surface area contributed by atoms with Crippen LogP contribution >= 0.6 is 11.3 Å². The van der Waals surface area contributed by atoms with Crippen LogP contribution in [0.15, 0.2) is 24.3 Å². The number of rotatable bonds is 5. The van der Waals surface area contributed by atoms with E-state index in [9.17, 15) is 4.79 Å². The summed E-state index contributed by atoms with van der Waals surface area (Å²) in [5.74, 6) is 0.762. The summed E-state index contributed by atoms with van der Waals surface area (Å²) in [6, 6.07) is 8.07. The number of fused-ring (bicyclic) bond motifs is 1. The minimum absolute atomic E-state index is 0.0901. The lowest BCUT2D eigenvalue weighted by molar-refractivity contribution is -0.119. The number of para-hydroxylation sites is 1. The topological polar surface area (TPSA) is 45.2 Å². The van der Waals surface area contributed by atoms with Crippen molar-refractivity contribution in [2.24, 2.45) is 5.92 Å².